The van der Waals surface area contributed by atoms with Gasteiger partial charge in [0.25, 0.3) is 0 Å². The first-order valence-electron chi connectivity index (χ1n) is 13.0. The maximum atomic E-state index is 15.6. The zero-order chi connectivity index (χ0) is 26.0. The molecule has 0 radical (unpaired) electrons. The molecule has 8 rings (SSSR count). The molecular formula is C34H22N3OP. The zero-order valence-corrected chi connectivity index (χ0v) is 21.8. The molecule has 0 bridgehead atoms. The van der Waals surface area contributed by atoms with E-state index in [1.807, 2.05) is 78.9 Å². The molecule has 0 fully saturated rings. The highest BCUT2D eigenvalue weighted by atomic mass is 31.2. The minimum absolute atomic E-state index is 0.701. The predicted molar refractivity (Wildman–Crippen MR) is 162 cm³/mol. The molecule has 0 spiro atoms. The van der Waals surface area contributed by atoms with Gasteiger partial charge in [-0.2, -0.15) is 0 Å². The van der Waals surface area contributed by atoms with E-state index in [0.717, 1.165) is 59.9 Å². The van der Waals surface area contributed by atoms with Crippen molar-refractivity contribution in [3.05, 3.63) is 134 Å². The SMILES string of the molecule is O=P(c1ccccc1)(c1cnc2ccccc2c1)c1cccc2c1nc1c3ccccc3c3ccccc3n21. The van der Waals surface area contributed by atoms with Crippen molar-refractivity contribution in [2.45, 2.75) is 0 Å². The number of hydrogen-bond donors (Lipinski definition) is 0. The summed E-state index contributed by atoms with van der Waals surface area (Å²) in [5.74, 6) is 0. The molecule has 8 aromatic rings. The second-order valence-electron chi connectivity index (χ2n) is 9.81. The maximum absolute atomic E-state index is 15.6. The number of para-hydroxylation sites is 3. The Kier molecular flexibility index (Phi) is 4.76. The van der Waals surface area contributed by atoms with Gasteiger partial charge < -0.3 is 4.57 Å². The number of nitrogens with zero attached hydrogens (tertiary/aromatic N) is 3. The summed E-state index contributed by atoms with van der Waals surface area (Å²) >= 11 is 0. The average Bonchev–Trinajstić information content (AvgIpc) is 3.41. The van der Waals surface area contributed by atoms with Crippen LogP contribution in [-0.2, 0) is 4.57 Å². The number of aromatic nitrogens is 3. The van der Waals surface area contributed by atoms with Crippen LogP contribution in [0.25, 0.3) is 49.3 Å². The highest BCUT2D eigenvalue weighted by Crippen LogP contribution is 2.45. The molecule has 0 amide bonds. The van der Waals surface area contributed by atoms with E-state index in [9.17, 15) is 0 Å². The summed E-state index contributed by atoms with van der Waals surface area (Å²) in [6.07, 6.45) is 1.77. The molecule has 3 aromatic heterocycles. The smallest absolute Gasteiger partial charge is 0.174 e. The summed E-state index contributed by atoms with van der Waals surface area (Å²) in [5.41, 5.74) is 4.51. The van der Waals surface area contributed by atoms with Crippen molar-refractivity contribution in [1.82, 2.24) is 14.4 Å². The van der Waals surface area contributed by atoms with Crippen molar-refractivity contribution in [1.29, 1.82) is 0 Å². The fourth-order valence-electron chi connectivity index (χ4n) is 5.87. The fourth-order valence-corrected chi connectivity index (χ4v) is 8.62. The van der Waals surface area contributed by atoms with Crippen molar-refractivity contribution in [3.8, 4) is 0 Å². The van der Waals surface area contributed by atoms with Crippen LogP contribution in [0, 0.1) is 0 Å². The first-order valence-corrected chi connectivity index (χ1v) is 14.7. The normalized spacial score (nSPS) is 13.4. The van der Waals surface area contributed by atoms with Crippen LogP contribution in [0.5, 0.6) is 0 Å². The molecule has 0 saturated heterocycles. The fraction of sp³-hybridized carbons (Fsp3) is 0. The molecule has 39 heavy (non-hydrogen) atoms. The van der Waals surface area contributed by atoms with Gasteiger partial charge in [-0.25, -0.2) is 4.98 Å². The minimum Gasteiger partial charge on any atom is -0.308 e. The number of pyridine rings is 2. The molecule has 5 aromatic carbocycles. The Balaban J connectivity index is 1.53. The first kappa shape index (κ1) is 22.2. The van der Waals surface area contributed by atoms with E-state index in [1.54, 1.807) is 6.20 Å². The van der Waals surface area contributed by atoms with Crippen LogP contribution in [0.3, 0.4) is 0 Å². The first-order chi connectivity index (χ1) is 19.2. The topological polar surface area (TPSA) is 47.3 Å². The Labute approximate surface area is 224 Å². The number of benzene rings is 5. The third-order valence-corrected chi connectivity index (χ3v) is 10.7. The van der Waals surface area contributed by atoms with Crippen LogP contribution >= 0.6 is 7.14 Å². The van der Waals surface area contributed by atoms with Crippen molar-refractivity contribution in [3.63, 3.8) is 0 Å². The van der Waals surface area contributed by atoms with Crippen molar-refractivity contribution < 1.29 is 4.57 Å². The predicted octanol–water partition coefficient (Wildman–Crippen LogP) is 6.98. The molecule has 0 aliphatic carbocycles. The van der Waals surface area contributed by atoms with E-state index in [0.29, 0.717) is 5.30 Å². The van der Waals surface area contributed by atoms with Crippen LogP contribution in [0.4, 0.5) is 0 Å². The molecule has 0 N–H and O–H groups in total. The highest BCUT2D eigenvalue weighted by Gasteiger charge is 2.33. The second-order valence-corrected chi connectivity index (χ2v) is 12.5. The van der Waals surface area contributed by atoms with Gasteiger partial charge in [0.15, 0.2) is 7.14 Å². The van der Waals surface area contributed by atoms with Gasteiger partial charge >= 0.3 is 0 Å². The Morgan fingerprint density at radius 1 is 0.590 bits per heavy atom. The Bertz CT molecular complexity index is 2270. The molecule has 3 heterocycles. The van der Waals surface area contributed by atoms with E-state index in [2.05, 4.69) is 52.9 Å². The maximum Gasteiger partial charge on any atom is 0.174 e. The summed E-state index contributed by atoms with van der Waals surface area (Å²) in [4.78, 5) is 9.95. The van der Waals surface area contributed by atoms with Gasteiger partial charge in [0.05, 0.1) is 16.6 Å². The molecule has 5 heteroatoms. The third-order valence-electron chi connectivity index (χ3n) is 7.67. The number of fused-ring (bicyclic) bond motifs is 9. The van der Waals surface area contributed by atoms with E-state index in [1.165, 1.54) is 0 Å². The van der Waals surface area contributed by atoms with Crippen molar-refractivity contribution >= 4 is 72.3 Å². The number of rotatable bonds is 3. The highest BCUT2D eigenvalue weighted by molar-refractivity contribution is 7.85. The Hall–Kier alpha value is -4.79. The number of imidazole rings is 1. The Morgan fingerprint density at radius 3 is 2.15 bits per heavy atom. The summed E-state index contributed by atoms with van der Waals surface area (Å²) < 4.78 is 17.8. The molecule has 4 nitrogen and oxygen atoms in total. The van der Waals surface area contributed by atoms with E-state index in [4.69, 9.17) is 9.97 Å². The molecule has 0 saturated carbocycles. The summed E-state index contributed by atoms with van der Waals surface area (Å²) in [7, 11) is -3.34. The van der Waals surface area contributed by atoms with Crippen molar-refractivity contribution in [2.75, 3.05) is 0 Å². The van der Waals surface area contributed by atoms with E-state index in [-0.39, 0.29) is 0 Å². The van der Waals surface area contributed by atoms with Crippen LogP contribution in [0.1, 0.15) is 0 Å². The van der Waals surface area contributed by atoms with Crippen LogP contribution in [0.2, 0.25) is 0 Å². The minimum atomic E-state index is -3.34. The van der Waals surface area contributed by atoms with Gasteiger partial charge in [0.2, 0.25) is 0 Å². The molecule has 0 aliphatic heterocycles. The van der Waals surface area contributed by atoms with Gasteiger partial charge in [-0.15, -0.1) is 0 Å². The largest absolute Gasteiger partial charge is 0.308 e. The van der Waals surface area contributed by atoms with Gasteiger partial charge in [-0.3, -0.25) is 9.38 Å². The van der Waals surface area contributed by atoms with Crippen LogP contribution < -0.4 is 15.9 Å². The Morgan fingerprint density at radius 2 is 1.28 bits per heavy atom. The van der Waals surface area contributed by atoms with Crippen molar-refractivity contribution in [2.24, 2.45) is 0 Å². The molecule has 0 aliphatic rings. The standard InChI is InChI=1S/C34H22N3OP/c38-39(24-12-2-1-3-13-24,25-21-23-11-4-8-17-29(23)35-22-25)32-20-10-19-31-33(32)36-34-28-16-6-5-14-26(28)27-15-7-9-18-30(27)37(31)34/h1-22H. The lowest BCUT2D eigenvalue weighted by Gasteiger charge is -2.20. The van der Waals surface area contributed by atoms with E-state index >= 15 is 4.57 Å². The quantitative estimate of drug-likeness (QED) is 0.187. The summed E-state index contributed by atoms with van der Waals surface area (Å²) in [6, 6.07) is 42.6. The van der Waals surface area contributed by atoms with Crippen LogP contribution in [-0.4, -0.2) is 14.4 Å². The molecule has 1 unspecified atom stereocenters. The average molecular weight is 520 g/mol. The lowest BCUT2D eigenvalue weighted by atomic mass is 10.1. The van der Waals surface area contributed by atoms with Gasteiger partial charge in [-0.1, -0.05) is 97.1 Å². The lowest BCUT2D eigenvalue weighted by molar-refractivity contribution is 0.592. The van der Waals surface area contributed by atoms with Gasteiger partial charge in [0, 0.05) is 38.3 Å². The summed E-state index contributed by atoms with van der Waals surface area (Å²) in [6.45, 7) is 0. The molecule has 1 atom stereocenters. The molecular weight excluding hydrogens is 497 g/mol. The third kappa shape index (κ3) is 3.16. The number of hydrogen-bond acceptors (Lipinski definition) is 3. The van der Waals surface area contributed by atoms with Crippen LogP contribution in [0.15, 0.2) is 134 Å². The van der Waals surface area contributed by atoms with Gasteiger partial charge in [-0.05, 0) is 35.7 Å². The van der Waals surface area contributed by atoms with E-state index < -0.39 is 7.14 Å². The zero-order valence-electron chi connectivity index (χ0n) is 20.9. The van der Waals surface area contributed by atoms with Gasteiger partial charge in [0.1, 0.15) is 11.2 Å². The molecule has 184 valence electrons. The monoisotopic (exact) mass is 519 g/mol. The summed E-state index contributed by atoms with van der Waals surface area (Å²) in [5, 5.41) is 6.54. The second kappa shape index (κ2) is 8.36. The lowest BCUT2D eigenvalue weighted by Crippen LogP contribution is -2.26.